The Kier molecular flexibility index (Phi) is 6.83. The van der Waals surface area contributed by atoms with E-state index in [1.807, 2.05) is 78.0 Å². The molecule has 34 heavy (non-hydrogen) atoms. The Labute approximate surface area is 200 Å². The van der Waals surface area contributed by atoms with Gasteiger partial charge in [-0.25, -0.2) is 0 Å². The lowest BCUT2D eigenvalue weighted by Gasteiger charge is -2.30. The molecule has 3 aromatic rings. The number of nitrogens with one attached hydrogen (secondary N) is 1. The molecular formula is C28H30N4O2. The van der Waals surface area contributed by atoms with Gasteiger partial charge < -0.3 is 14.8 Å². The molecule has 2 heterocycles. The Morgan fingerprint density at radius 3 is 2.56 bits per heavy atom. The predicted octanol–water partition coefficient (Wildman–Crippen LogP) is 5.06. The van der Waals surface area contributed by atoms with E-state index in [1.165, 1.54) is 0 Å². The van der Waals surface area contributed by atoms with Crippen LogP contribution in [0.4, 0.5) is 5.69 Å². The molecule has 0 aliphatic carbocycles. The normalized spacial score (nSPS) is 14.8. The van der Waals surface area contributed by atoms with Gasteiger partial charge in [0.05, 0.1) is 0 Å². The van der Waals surface area contributed by atoms with Gasteiger partial charge in [0.1, 0.15) is 18.2 Å². The number of carbonyl (C=O) groups is 2. The maximum Gasteiger partial charge on any atom is 0.266 e. The number of piperidine rings is 1. The number of likely N-dealkylation sites (tertiary alicyclic amines) is 1. The molecule has 4 rings (SSSR count). The molecule has 0 unspecified atom stereocenters. The monoisotopic (exact) mass is 454 g/mol. The zero-order chi connectivity index (χ0) is 24.2. The van der Waals surface area contributed by atoms with Crippen molar-refractivity contribution in [3.05, 3.63) is 70.9 Å². The van der Waals surface area contributed by atoms with Crippen molar-refractivity contribution < 1.29 is 9.59 Å². The van der Waals surface area contributed by atoms with Crippen LogP contribution < -0.4 is 5.32 Å². The Hall–Kier alpha value is -3.85. The fraction of sp³-hybridized carbons (Fsp3) is 0.321. The van der Waals surface area contributed by atoms with Gasteiger partial charge in [-0.05, 0) is 68.0 Å². The molecule has 2 aromatic carbocycles. The zero-order valence-electron chi connectivity index (χ0n) is 20.0. The summed E-state index contributed by atoms with van der Waals surface area (Å²) in [5.41, 5.74) is 4.50. The van der Waals surface area contributed by atoms with Crippen molar-refractivity contribution in [2.45, 2.75) is 40.2 Å². The van der Waals surface area contributed by atoms with E-state index in [4.69, 9.17) is 0 Å². The van der Waals surface area contributed by atoms with Crippen LogP contribution in [-0.4, -0.2) is 34.4 Å². The maximum atomic E-state index is 12.9. The SMILES string of the molecule is Cc1ccc(NC(=O)/C(C#N)=C/c2cn(CC(=O)N3CCC(C)CC3)c3ccccc23)cc1C. The summed E-state index contributed by atoms with van der Waals surface area (Å²) in [6, 6.07) is 15.4. The number of hydrogen-bond acceptors (Lipinski definition) is 3. The summed E-state index contributed by atoms with van der Waals surface area (Å²) in [6.07, 6.45) is 5.53. The van der Waals surface area contributed by atoms with Crippen LogP contribution >= 0.6 is 0 Å². The number of aromatic nitrogens is 1. The fourth-order valence-corrected chi connectivity index (χ4v) is 4.35. The summed E-state index contributed by atoms with van der Waals surface area (Å²) in [4.78, 5) is 27.7. The molecule has 1 aliphatic heterocycles. The summed E-state index contributed by atoms with van der Waals surface area (Å²) in [6.45, 7) is 8.04. The first-order chi connectivity index (χ1) is 16.4. The lowest BCUT2D eigenvalue weighted by molar-refractivity contribution is -0.133. The lowest BCUT2D eigenvalue weighted by Crippen LogP contribution is -2.39. The van der Waals surface area contributed by atoms with Crippen molar-refractivity contribution in [2.75, 3.05) is 18.4 Å². The molecule has 0 bridgehead atoms. The predicted molar refractivity (Wildman–Crippen MR) is 135 cm³/mol. The molecule has 1 aromatic heterocycles. The van der Waals surface area contributed by atoms with Crippen LogP contribution in [-0.2, 0) is 16.1 Å². The standard InChI is InChI=1S/C28H30N4O2/c1-19-10-12-31(13-11-19)27(33)18-32-17-23(25-6-4-5-7-26(25)32)15-22(16-29)28(34)30-24-9-8-20(2)21(3)14-24/h4-9,14-15,17,19H,10-13,18H2,1-3H3,(H,30,34)/b22-15+. The number of amides is 2. The van der Waals surface area contributed by atoms with Crippen LogP contribution in [0.25, 0.3) is 17.0 Å². The molecular weight excluding hydrogens is 424 g/mol. The van der Waals surface area contributed by atoms with Gasteiger partial charge in [0.2, 0.25) is 5.91 Å². The number of para-hydroxylation sites is 1. The van der Waals surface area contributed by atoms with E-state index in [0.29, 0.717) is 11.6 Å². The summed E-state index contributed by atoms with van der Waals surface area (Å²) in [5, 5.41) is 13.4. The third-order valence-corrected chi connectivity index (χ3v) is 6.69. The van der Waals surface area contributed by atoms with Crippen molar-refractivity contribution in [2.24, 2.45) is 5.92 Å². The van der Waals surface area contributed by atoms with Crippen LogP contribution in [0.3, 0.4) is 0 Å². The highest BCUT2D eigenvalue weighted by atomic mass is 16.2. The number of fused-ring (bicyclic) bond motifs is 1. The highest BCUT2D eigenvalue weighted by molar-refractivity contribution is 6.10. The van der Waals surface area contributed by atoms with Crippen LogP contribution in [0, 0.1) is 31.1 Å². The Morgan fingerprint density at radius 2 is 1.85 bits per heavy atom. The van der Waals surface area contributed by atoms with E-state index in [9.17, 15) is 14.9 Å². The van der Waals surface area contributed by atoms with Crippen LogP contribution in [0.5, 0.6) is 0 Å². The fourth-order valence-electron chi connectivity index (χ4n) is 4.35. The zero-order valence-corrected chi connectivity index (χ0v) is 20.0. The smallest absolute Gasteiger partial charge is 0.266 e. The third kappa shape index (κ3) is 5.04. The molecule has 0 atom stereocenters. The third-order valence-electron chi connectivity index (χ3n) is 6.69. The van der Waals surface area contributed by atoms with Gasteiger partial charge >= 0.3 is 0 Å². The minimum atomic E-state index is -0.457. The van der Waals surface area contributed by atoms with Gasteiger partial charge in [0, 0.05) is 41.4 Å². The number of rotatable bonds is 5. The molecule has 0 saturated carbocycles. The first-order valence-electron chi connectivity index (χ1n) is 11.7. The van der Waals surface area contributed by atoms with E-state index in [-0.39, 0.29) is 18.0 Å². The van der Waals surface area contributed by atoms with E-state index >= 15 is 0 Å². The number of benzene rings is 2. The summed E-state index contributed by atoms with van der Waals surface area (Å²) in [7, 11) is 0. The molecule has 0 spiro atoms. The van der Waals surface area contributed by atoms with Gasteiger partial charge in [-0.3, -0.25) is 9.59 Å². The topological polar surface area (TPSA) is 78.1 Å². The molecule has 1 aliphatic rings. The van der Waals surface area contributed by atoms with Gasteiger partial charge in [-0.2, -0.15) is 5.26 Å². The van der Waals surface area contributed by atoms with Gasteiger partial charge in [0.15, 0.2) is 0 Å². The van der Waals surface area contributed by atoms with Crippen molar-refractivity contribution in [3.8, 4) is 6.07 Å². The number of aryl methyl sites for hydroxylation is 2. The largest absolute Gasteiger partial charge is 0.341 e. The average Bonchev–Trinajstić information content (AvgIpc) is 3.17. The second-order valence-corrected chi connectivity index (χ2v) is 9.22. The van der Waals surface area contributed by atoms with Gasteiger partial charge in [-0.15, -0.1) is 0 Å². The number of hydrogen-bond donors (Lipinski definition) is 1. The van der Waals surface area contributed by atoms with E-state index in [2.05, 4.69) is 12.2 Å². The van der Waals surface area contributed by atoms with Crippen LogP contribution in [0.2, 0.25) is 0 Å². The van der Waals surface area contributed by atoms with Crippen molar-refractivity contribution in [1.82, 2.24) is 9.47 Å². The van der Waals surface area contributed by atoms with Crippen LogP contribution in [0.15, 0.2) is 54.2 Å². The van der Waals surface area contributed by atoms with Crippen molar-refractivity contribution in [1.29, 1.82) is 5.26 Å². The summed E-state index contributed by atoms with van der Waals surface area (Å²) < 4.78 is 1.91. The van der Waals surface area contributed by atoms with E-state index in [1.54, 1.807) is 6.08 Å². The highest BCUT2D eigenvalue weighted by Gasteiger charge is 2.21. The summed E-state index contributed by atoms with van der Waals surface area (Å²) in [5.74, 6) is 0.296. The minimum absolute atomic E-state index is 0.0116. The highest BCUT2D eigenvalue weighted by Crippen LogP contribution is 2.25. The Balaban J connectivity index is 1.59. The second kappa shape index (κ2) is 9.96. The minimum Gasteiger partial charge on any atom is -0.341 e. The molecule has 2 amide bonds. The van der Waals surface area contributed by atoms with Crippen molar-refractivity contribution >= 4 is 34.5 Å². The first-order valence-corrected chi connectivity index (χ1v) is 11.7. The number of carbonyl (C=O) groups excluding carboxylic acids is 2. The summed E-state index contributed by atoms with van der Waals surface area (Å²) >= 11 is 0. The van der Waals surface area contributed by atoms with Gasteiger partial charge in [0.25, 0.3) is 5.91 Å². The molecule has 1 N–H and O–H groups in total. The van der Waals surface area contributed by atoms with Crippen molar-refractivity contribution in [3.63, 3.8) is 0 Å². The average molecular weight is 455 g/mol. The second-order valence-electron chi connectivity index (χ2n) is 9.22. The van der Waals surface area contributed by atoms with Crippen LogP contribution in [0.1, 0.15) is 36.5 Å². The Morgan fingerprint density at radius 1 is 1.12 bits per heavy atom. The molecule has 6 nitrogen and oxygen atoms in total. The molecule has 6 heteroatoms. The number of nitriles is 1. The molecule has 174 valence electrons. The van der Waals surface area contributed by atoms with E-state index in [0.717, 1.165) is 53.5 Å². The lowest BCUT2D eigenvalue weighted by atomic mass is 9.99. The van der Waals surface area contributed by atoms with Gasteiger partial charge in [-0.1, -0.05) is 31.2 Å². The first kappa shape index (κ1) is 23.3. The van der Waals surface area contributed by atoms with E-state index < -0.39 is 5.91 Å². The molecule has 1 fully saturated rings. The number of anilines is 1. The molecule has 1 saturated heterocycles. The quantitative estimate of drug-likeness (QED) is 0.432. The Bertz CT molecular complexity index is 1300. The number of nitrogens with zero attached hydrogens (tertiary/aromatic N) is 3. The maximum absolute atomic E-state index is 12.9. The molecule has 0 radical (unpaired) electrons.